The fourth-order valence-corrected chi connectivity index (χ4v) is 2.41. The van der Waals surface area contributed by atoms with E-state index in [0.717, 1.165) is 18.8 Å². The summed E-state index contributed by atoms with van der Waals surface area (Å²) in [6.07, 6.45) is 14.3. The molecule has 0 spiro atoms. The monoisotopic (exact) mass is 306 g/mol. The largest absolute Gasteiger partial charge is 0.513 e. The van der Waals surface area contributed by atoms with Gasteiger partial charge in [0.05, 0.1) is 5.76 Å². The second kappa shape index (κ2) is 12.6. The van der Waals surface area contributed by atoms with Crippen molar-refractivity contribution in [3.8, 4) is 0 Å². The van der Waals surface area contributed by atoms with Gasteiger partial charge in [-0.2, -0.15) is 0 Å². The molecule has 0 aromatic heterocycles. The van der Waals surface area contributed by atoms with Gasteiger partial charge in [0.15, 0.2) is 0 Å². The molecule has 0 saturated carbocycles. The third-order valence-electron chi connectivity index (χ3n) is 4.65. The quantitative estimate of drug-likeness (QED) is 0.295. The van der Waals surface area contributed by atoms with Crippen LogP contribution in [0.1, 0.15) is 86.0 Å². The van der Waals surface area contributed by atoms with E-state index in [9.17, 15) is 5.11 Å². The lowest BCUT2D eigenvalue weighted by atomic mass is 9.99. The molecule has 1 heteroatoms. The zero-order chi connectivity index (χ0) is 17.0. The Hall–Kier alpha value is -0.980. The first-order valence-corrected chi connectivity index (χ1v) is 9.05. The lowest BCUT2D eigenvalue weighted by molar-refractivity contribution is 0.335. The third kappa shape index (κ3) is 11.7. The van der Waals surface area contributed by atoms with Crippen LogP contribution >= 0.6 is 0 Å². The van der Waals surface area contributed by atoms with E-state index < -0.39 is 0 Å². The van der Waals surface area contributed by atoms with Crippen LogP contribution in [-0.4, -0.2) is 5.11 Å². The van der Waals surface area contributed by atoms with Crippen molar-refractivity contribution in [2.24, 2.45) is 11.8 Å². The van der Waals surface area contributed by atoms with Gasteiger partial charge in [-0.05, 0) is 64.7 Å². The zero-order valence-corrected chi connectivity index (χ0v) is 15.6. The van der Waals surface area contributed by atoms with E-state index in [1.54, 1.807) is 5.57 Å². The van der Waals surface area contributed by atoms with Crippen molar-refractivity contribution in [3.05, 3.63) is 35.6 Å². The van der Waals surface area contributed by atoms with Crippen molar-refractivity contribution in [2.45, 2.75) is 86.0 Å². The topological polar surface area (TPSA) is 20.2 Å². The molecule has 0 aliphatic rings. The highest BCUT2D eigenvalue weighted by Crippen LogP contribution is 2.17. The average molecular weight is 307 g/mol. The van der Waals surface area contributed by atoms with Gasteiger partial charge < -0.3 is 5.11 Å². The molecule has 128 valence electrons. The van der Waals surface area contributed by atoms with Crippen LogP contribution in [-0.2, 0) is 0 Å². The minimum Gasteiger partial charge on any atom is -0.513 e. The fraction of sp³-hybridized carbons (Fsp3) is 0.714. The summed E-state index contributed by atoms with van der Waals surface area (Å²) in [5.74, 6) is 1.37. The first-order chi connectivity index (χ1) is 10.4. The molecule has 0 aromatic carbocycles. The molecular formula is C21H38O. The van der Waals surface area contributed by atoms with E-state index in [-0.39, 0.29) is 5.92 Å². The minimum absolute atomic E-state index is 0.208. The Morgan fingerprint density at radius 3 is 1.95 bits per heavy atom. The molecule has 0 heterocycles. The van der Waals surface area contributed by atoms with Crippen molar-refractivity contribution in [2.75, 3.05) is 0 Å². The zero-order valence-electron chi connectivity index (χ0n) is 15.6. The van der Waals surface area contributed by atoms with E-state index >= 15 is 0 Å². The molecule has 1 nitrogen and oxygen atoms in total. The smallest absolute Gasteiger partial charge is 0.0879 e. The summed E-state index contributed by atoms with van der Waals surface area (Å²) >= 11 is 0. The second-order valence-electron chi connectivity index (χ2n) is 7.02. The molecule has 2 atom stereocenters. The Bertz CT molecular complexity index is 362. The molecule has 0 aliphatic heterocycles. The van der Waals surface area contributed by atoms with Crippen LogP contribution in [0.2, 0.25) is 0 Å². The number of rotatable bonds is 12. The fourth-order valence-electron chi connectivity index (χ4n) is 2.41. The van der Waals surface area contributed by atoms with Gasteiger partial charge in [0.1, 0.15) is 0 Å². The standard InChI is InChI=1S/C21H38O/c1-7-17(2)11-8-12-18(3)13-9-14-19(4)15-10-16-20(5)21(6)22/h12,15,17,20,22H,6-11,13-14,16H2,1-5H3/b18-12+,19-15+. The highest BCUT2D eigenvalue weighted by molar-refractivity contribution is 5.02. The number of hydrogen-bond acceptors (Lipinski definition) is 1. The summed E-state index contributed by atoms with van der Waals surface area (Å²) in [5.41, 5.74) is 3.02. The van der Waals surface area contributed by atoms with Crippen molar-refractivity contribution in [1.29, 1.82) is 0 Å². The van der Waals surface area contributed by atoms with Gasteiger partial charge in [-0.1, -0.05) is 57.1 Å². The molecule has 22 heavy (non-hydrogen) atoms. The van der Waals surface area contributed by atoms with Gasteiger partial charge in [-0.3, -0.25) is 0 Å². The molecule has 2 unspecified atom stereocenters. The summed E-state index contributed by atoms with van der Waals surface area (Å²) in [6.45, 7) is 14.7. The Balaban J connectivity index is 3.84. The van der Waals surface area contributed by atoms with E-state index in [0.29, 0.717) is 5.76 Å². The number of hydrogen-bond donors (Lipinski definition) is 1. The summed E-state index contributed by atoms with van der Waals surface area (Å²) < 4.78 is 0. The van der Waals surface area contributed by atoms with Crippen molar-refractivity contribution < 1.29 is 5.11 Å². The molecule has 0 radical (unpaired) electrons. The van der Waals surface area contributed by atoms with E-state index in [1.807, 2.05) is 6.92 Å². The predicted molar refractivity (Wildman–Crippen MR) is 100 cm³/mol. The molecule has 0 saturated heterocycles. The first-order valence-electron chi connectivity index (χ1n) is 9.05. The van der Waals surface area contributed by atoms with Crippen molar-refractivity contribution >= 4 is 0 Å². The Morgan fingerprint density at radius 1 is 1.00 bits per heavy atom. The average Bonchev–Trinajstić information content (AvgIpc) is 2.46. The van der Waals surface area contributed by atoms with Crippen LogP contribution in [0.4, 0.5) is 0 Å². The second-order valence-corrected chi connectivity index (χ2v) is 7.02. The van der Waals surface area contributed by atoms with Gasteiger partial charge in [0.2, 0.25) is 0 Å². The molecule has 0 aromatic rings. The van der Waals surface area contributed by atoms with Gasteiger partial charge in [-0.25, -0.2) is 0 Å². The Kier molecular flexibility index (Phi) is 12.0. The highest BCUT2D eigenvalue weighted by Gasteiger charge is 2.03. The molecule has 1 N–H and O–H groups in total. The number of aliphatic hydroxyl groups excluding tert-OH is 1. The van der Waals surface area contributed by atoms with Crippen LogP contribution < -0.4 is 0 Å². The molecule has 0 bridgehead atoms. The van der Waals surface area contributed by atoms with Crippen LogP contribution in [0.15, 0.2) is 35.6 Å². The summed E-state index contributed by atoms with van der Waals surface area (Å²) in [7, 11) is 0. The highest BCUT2D eigenvalue weighted by atomic mass is 16.3. The van der Waals surface area contributed by atoms with Gasteiger partial charge >= 0.3 is 0 Å². The Labute approximate surface area is 139 Å². The van der Waals surface area contributed by atoms with Crippen LogP contribution in [0, 0.1) is 11.8 Å². The summed E-state index contributed by atoms with van der Waals surface area (Å²) in [5, 5.41) is 9.29. The third-order valence-corrected chi connectivity index (χ3v) is 4.65. The summed E-state index contributed by atoms with van der Waals surface area (Å²) in [6, 6.07) is 0. The van der Waals surface area contributed by atoms with E-state index in [1.165, 1.54) is 44.1 Å². The lowest BCUT2D eigenvalue weighted by Crippen LogP contribution is -1.96. The molecular weight excluding hydrogens is 268 g/mol. The number of allylic oxidation sites excluding steroid dienone is 5. The molecule has 0 rings (SSSR count). The Morgan fingerprint density at radius 2 is 1.50 bits per heavy atom. The molecule has 0 amide bonds. The summed E-state index contributed by atoms with van der Waals surface area (Å²) in [4.78, 5) is 0. The van der Waals surface area contributed by atoms with Gasteiger partial charge in [0, 0.05) is 5.92 Å². The minimum atomic E-state index is 0.208. The van der Waals surface area contributed by atoms with Crippen LogP contribution in [0.3, 0.4) is 0 Å². The maximum atomic E-state index is 9.29. The van der Waals surface area contributed by atoms with Crippen molar-refractivity contribution in [1.82, 2.24) is 0 Å². The molecule has 0 aliphatic carbocycles. The lowest BCUT2D eigenvalue weighted by Gasteiger charge is -2.08. The normalized spacial score (nSPS) is 15.7. The van der Waals surface area contributed by atoms with Gasteiger partial charge in [-0.15, -0.1) is 0 Å². The van der Waals surface area contributed by atoms with Crippen LogP contribution in [0.25, 0.3) is 0 Å². The SMILES string of the molecule is C=C(O)C(C)CC/C=C(\C)CCC/C(C)=C/CCC(C)CC. The molecule has 0 fully saturated rings. The maximum absolute atomic E-state index is 9.29. The van der Waals surface area contributed by atoms with E-state index in [4.69, 9.17) is 0 Å². The maximum Gasteiger partial charge on any atom is 0.0879 e. The predicted octanol–water partition coefficient (Wildman–Crippen LogP) is 7.36. The van der Waals surface area contributed by atoms with Gasteiger partial charge in [0.25, 0.3) is 0 Å². The van der Waals surface area contributed by atoms with Crippen LogP contribution in [0.5, 0.6) is 0 Å². The van der Waals surface area contributed by atoms with E-state index in [2.05, 4.69) is 46.4 Å². The number of aliphatic hydroxyl groups is 1. The van der Waals surface area contributed by atoms with Crippen molar-refractivity contribution in [3.63, 3.8) is 0 Å². The first kappa shape index (κ1) is 21.0.